The number of ether oxygens (including phenoxy) is 1. The number of aromatic nitrogens is 2. The van der Waals surface area contributed by atoms with Gasteiger partial charge in [-0.2, -0.15) is 5.10 Å². The molecular weight excluding hydrogens is 327 g/mol. The summed E-state index contributed by atoms with van der Waals surface area (Å²) in [7, 11) is 0. The molecule has 3 nitrogen and oxygen atoms in total. The molecule has 1 aliphatic rings. The number of nitrogens with zero attached hydrogens (tertiary/aromatic N) is 2. The first kappa shape index (κ1) is 13.3. The molecule has 0 bridgehead atoms. The highest BCUT2D eigenvalue weighted by Crippen LogP contribution is 2.21. The van der Waals surface area contributed by atoms with Gasteiger partial charge in [0, 0.05) is 13.2 Å². The molecule has 0 amide bonds. The molecule has 4 heteroatoms. The van der Waals surface area contributed by atoms with Gasteiger partial charge in [0.1, 0.15) is 0 Å². The zero-order valence-electron chi connectivity index (χ0n) is 10.7. The fourth-order valence-electron chi connectivity index (χ4n) is 2.42. The highest BCUT2D eigenvalue weighted by Gasteiger charge is 2.17. The van der Waals surface area contributed by atoms with Crippen LogP contribution in [0.5, 0.6) is 0 Å². The summed E-state index contributed by atoms with van der Waals surface area (Å²) in [5, 5.41) is 4.71. The third kappa shape index (κ3) is 3.02. The van der Waals surface area contributed by atoms with E-state index in [0.717, 1.165) is 32.4 Å². The predicted molar refractivity (Wildman–Crippen MR) is 77.3 cm³/mol. The Kier molecular flexibility index (Phi) is 4.85. The van der Waals surface area contributed by atoms with E-state index in [0.29, 0.717) is 6.10 Å². The lowest BCUT2D eigenvalue weighted by molar-refractivity contribution is 0.0992. The maximum Gasteiger partial charge on any atom is 0.0758 e. The van der Waals surface area contributed by atoms with Crippen LogP contribution in [-0.2, 0) is 24.1 Å². The monoisotopic (exact) mass is 348 g/mol. The summed E-state index contributed by atoms with van der Waals surface area (Å²) in [4.78, 5) is 0. The first-order valence-corrected chi connectivity index (χ1v) is 7.69. The van der Waals surface area contributed by atoms with Crippen LogP contribution < -0.4 is 0 Å². The number of hydrogen-bond acceptors (Lipinski definition) is 2. The number of hydrogen-bond donors (Lipinski definition) is 0. The van der Waals surface area contributed by atoms with Crippen molar-refractivity contribution >= 4 is 22.6 Å². The van der Waals surface area contributed by atoms with Gasteiger partial charge >= 0.3 is 0 Å². The Labute approximate surface area is 117 Å². The summed E-state index contributed by atoms with van der Waals surface area (Å²) >= 11 is 2.44. The van der Waals surface area contributed by atoms with E-state index in [9.17, 15) is 0 Å². The molecular formula is C13H21IN2O. The molecule has 2 rings (SSSR count). The topological polar surface area (TPSA) is 27.1 Å². The van der Waals surface area contributed by atoms with Crippen LogP contribution in [0, 0.1) is 3.57 Å². The van der Waals surface area contributed by atoms with Crippen LogP contribution >= 0.6 is 22.6 Å². The quantitative estimate of drug-likeness (QED) is 0.765. The summed E-state index contributed by atoms with van der Waals surface area (Å²) in [6.45, 7) is 6.33. The molecule has 1 aromatic rings. The molecule has 1 aromatic heterocycles. The van der Waals surface area contributed by atoms with E-state index >= 15 is 0 Å². The first-order valence-electron chi connectivity index (χ1n) is 6.61. The molecule has 0 radical (unpaired) electrons. The van der Waals surface area contributed by atoms with Crippen LogP contribution in [0.1, 0.15) is 44.5 Å². The number of rotatable bonds is 5. The average molecular weight is 348 g/mol. The molecule has 0 aliphatic carbocycles. The van der Waals surface area contributed by atoms with Crippen LogP contribution in [0.25, 0.3) is 0 Å². The molecule has 17 heavy (non-hydrogen) atoms. The highest BCUT2D eigenvalue weighted by molar-refractivity contribution is 14.1. The fraction of sp³-hybridized carbons (Fsp3) is 0.769. The van der Waals surface area contributed by atoms with Crippen molar-refractivity contribution in [3.63, 3.8) is 0 Å². The van der Waals surface area contributed by atoms with E-state index in [-0.39, 0.29) is 0 Å². The smallest absolute Gasteiger partial charge is 0.0758 e. The van der Waals surface area contributed by atoms with Crippen molar-refractivity contribution in [3.05, 3.63) is 15.0 Å². The average Bonchev–Trinajstić information content (AvgIpc) is 2.94. The van der Waals surface area contributed by atoms with Crippen LogP contribution in [0.2, 0.25) is 0 Å². The van der Waals surface area contributed by atoms with Gasteiger partial charge in [0.15, 0.2) is 0 Å². The normalized spacial score (nSPS) is 20.1. The van der Waals surface area contributed by atoms with E-state index in [1.807, 2.05) is 0 Å². The van der Waals surface area contributed by atoms with Gasteiger partial charge in [-0.3, -0.25) is 4.68 Å². The van der Waals surface area contributed by atoms with Gasteiger partial charge in [-0.15, -0.1) is 0 Å². The van der Waals surface area contributed by atoms with Crippen molar-refractivity contribution in [3.8, 4) is 0 Å². The zero-order chi connectivity index (χ0) is 12.3. The van der Waals surface area contributed by atoms with Crippen LogP contribution in [-0.4, -0.2) is 22.5 Å². The van der Waals surface area contributed by atoms with E-state index in [2.05, 4.69) is 41.1 Å². The van der Waals surface area contributed by atoms with Gasteiger partial charge in [0.2, 0.25) is 0 Å². The van der Waals surface area contributed by atoms with Gasteiger partial charge in [-0.25, -0.2) is 0 Å². The largest absolute Gasteiger partial charge is 0.378 e. The summed E-state index contributed by atoms with van der Waals surface area (Å²) in [6, 6.07) is 0. The summed E-state index contributed by atoms with van der Waals surface area (Å²) < 4.78 is 9.23. The highest BCUT2D eigenvalue weighted by atomic mass is 127. The number of halogens is 1. The van der Waals surface area contributed by atoms with Crippen molar-refractivity contribution in [2.75, 3.05) is 6.61 Å². The summed E-state index contributed by atoms with van der Waals surface area (Å²) in [6.07, 6.45) is 6.11. The Morgan fingerprint density at radius 1 is 1.41 bits per heavy atom. The fourth-order valence-corrected chi connectivity index (χ4v) is 3.57. The van der Waals surface area contributed by atoms with E-state index < -0.39 is 0 Å². The van der Waals surface area contributed by atoms with Gasteiger partial charge in [-0.1, -0.05) is 13.8 Å². The van der Waals surface area contributed by atoms with Gasteiger partial charge in [0.05, 0.1) is 21.1 Å². The molecule has 0 N–H and O–H groups in total. The van der Waals surface area contributed by atoms with Crippen molar-refractivity contribution < 1.29 is 4.74 Å². The lowest BCUT2D eigenvalue weighted by Gasteiger charge is -2.10. The Balaban J connectivity index is 2.03. The first-order chi connectivity index (χ1) is 8.26. The second-order valence-electron chi connectivity index (χ2n) is 4.56. The molecule has 1 saturated heterocycles. The zero-order valence-corrected chi connectivity index (χ0v) is 12.9. The lowest BCUT2D eigenvalue weighted by Crippen LogP contribution is -2.13. The van der Waals surface area contributed by atoms with Crippen molar-refractivity contribution in [1.29, 1.82) is 0 Å². The van der Waals surface area contributed by atoms with E-state index in [4.69, 9.17) is 9.84 Å². The lowest BCUT2D eigenvalue weighted by atomic mass is 10.2. The van der Waals surface area contributed by atoms with E-state index in [1.165, 1.54) is 27.8 Å². The predicted octanol–water partition coefficient (Wildman–Crippen LogP) is 3.18. The van der Waals surface area contributed by atoms with Crippen molar-refractivity contribution in [2.45, 2.75) is 58.6 Å². The second kappa shape index (κ2) is 6.18. The van der Waals surface area contributed by atoms with Gasteiger partial charge in [0.25, 0.3) is 0 Å². The Bertz CT molecular complexity index is 370. The molecule has 2 heterocycles. The SMILES string of the molecule is CCc1nn(CCC2CCCO2)c(CC)c1I. The van der Waals surface area contributed by atoms with Crippen molar-refractivity contribution in [1.82, 2.24) is 9.78 Å². The Morgan fingerprint density at radius 3 is 2.82 bits per heavy atom. The number of aryl methyl sites for hydroxylation is 2. The standard InChI is InChI=1S/C13H21IN2O/c1-3-11-13(14)12(4-2)16(15-11)8-7-10-6-5-9-17-10/h10H,3-9H2,1-2H3. The van der Waals surface area contributed by atoms with E-state index in [1.54, 1.807) is 0 Å². The van der Waals surface area contributed by atoms with Crippen molar-refractivity contribution in [2.24, 2.45) is 0 Å². The molecule has 1 atom stereocenters. The van der Waals surface area contributed by atoms with Gasteiger partial charge < -0.3 is 4.74 Å². The summed E-state index contributed by atoms with van der Waals surface area (Å²) in [5.74, 6) is 0. The molecule has 1 fully saturated rings. The molecule has 0 spiro atoms. The molecule has 0 saturated carbocycles. The minimum absolute atomic E-state index is 0.464. The summed E-state index contributed by atoms with van der Waals surface area (Å²) in [5.41, 5.74) is 2.63. The van der Waals surface area contributed by atoms with Crippen LogP contribution in [0.15, 0.2) is 0 Å². The minimum Gasteiger partial charge on any atom is -0.378 e. The maximum absolute atomic E-state index is 5.67. The minimum atomic E-state index is 0.464. The molecule has 96 valence electrons. The molecule has 1 aliphatic heterocycles. The second-order valence-corrected chi connectivity index (χ2v) is 5.64. The van der Waals surface area contributed by atoms with Gasteiger partial charge in [-0.05, 0) is 54.7 Å². The molecule has 1 unspecified atom stereocenters. The Morgan fingerprint density at radius 2 is 2.24 bits per heavy atom. The third-order valence-corrected chi connectivity index (χ3v) is 4.66. The van der Waals surface area contributed by atoms with Crippen LogP contribution in [0.4, 0.5) is 0 Å². The van der Waals surface area contributed by atoms with Crippen LogP contribution in [0.3, 0.4) is 0 Å². The maximum atomic E-state index is 5.67. The Hall–Kier alpha value is -0.100. The molecule has 0 aromatic carbocycles. The third-order valence-electron chi connectivity index (χ3n) is 3.42.